The largest absolute Gasteiger partial charge is 0.355 e. The first-order valence-corrected chi connectivity index (χ1v) is 8.17. The van der Waals surface area contributed by atoms with Gasteiger partial charge in [-0.05, 0) is 30.5 Å². The van der Waals surface area contributed by atoms with Crippen LogP contribution in [0.4, 0.5) is 0 Å². The van der Waals surface area contributed by atoms with Gasteiger partial charge in [0.25, 0.3) is 17.4 Å². The molecular formula is C18H20N4O3. The van der Waals surface area contributed by atoms with Gasteiger partial charge < -0.3 is 15.2 Å². The Labute approximate surface area is 145 Å². The highest BCUT2D eigenvalue weighted by Crippen LogP contribution is 2.29. The van der Waals surface area contributed by atoms with Crippen LogP contribution in [-0.4, -0.2) is 34.5 Å². The van der Waals surface area contributed by atoms with Crippen LogP contribution in [0.3, 0.4) is 0 Å². The lowest BCUT2D eigenvalue weighted by Gasteiger charge is -2.11. The van der Waals surface area contributed by atoms with Crippen molar-refractivity contribution in [3.8, 4) is 0 Å². The van der Waals surface area contributed by atoms with Gasteiger partial charge in [-0.3, -0.25) is 19.4 Å². The molecule has 0 spiro atoms. The molecule has 1 aliphatic carbocycles. The molecule has 1 fully saturated rings. The standard InChI is InChI=1S/C18H20N4O3/c1-11-7-15(11)21-16(23)12-8-14(17(24)19-2)18(25)22(9-12)10-13-5-3-4-6-20-13/h3-6,8-9,11,15H,7,10H2,1-2H3,(H,19,24)(H,21,23)/t11-,15-/m0/s1. The average molecular weight is 340 g/mol. The third-order valence-corrected chi connectivity index (χ3v) is 4.30. The van der Waals surface area contributed by atoms with E-state index >= 15 is 0 Å². The van der Waals surface area contributed by atoms with Crippen molar-refractivity contribution in [2.24, 2.45) is 5.92 Å². The second-order valence-corrected chi connectivity index (χ2v) is 6.27. The molecule has 1 saturated carbocycles. The number of hydrogen-bond acceptors (Lipinski definition) is 4. The van der Waals surface area contributed by atoms with Gasteiger partial charge in [-0.2, -0.15) is 0 Å². The number of carbonyl (C=O) groups is 2. The van der Waals surface area contributed by atoms with Crippen LogP contribution in [0.15, 0.2) is 41.5 Å². The summed E-state index contributed by atoms with van der Waals surface area (Å²) in [6.07, 6.45) is 4.05. The molecule has 2 aromatic rings. The summed E-state index contributed by atoms with van der Waals surface area (Å²) in [6.45, 7) is 2.24. The van der Waals surface area contributed by atoms with Crippen molar-refractivity contribution in [2.45, 2.75) is 25.9 Å². The zero-order valence-corrected chi connectivity index (χ0v) is 14.2. The van der Waals surface area contributed by atoms with Gasteiger partial charge in [0.1, 0.15) is 5.56 Å². The van der Waals surface area contributed by atoms with Gasteiger partial charge in [-0.25, -0.2) is 0 Å². The number of hydrogen-bond donors (Lipinski definition) is 2. The van der Waals surface area contributed by atoms with Crippen molar-refractivity contribution in [2.75, 3.05) is 7.05 Å². The molecule has 1 aliphatic rings. The number of pyridine rings is 2. The van der Waals surface area contributed by atoms with Gasteiger partial charge in [0.05, 0.1) is 17.8 Å². The molecule has 0 aromatic carbocycles. The van der Waals surface area contributed by atoms with Crippen LogP contribution in [-0.2, 0) is 6.54 Å². The molecular weight excluding hydrogens is 320 g/mol. The SMILES string of the molecule is CNC(=O)c1cc(C(=O)N[C@H]2C[C@@H]2C)cn(Cc2ccccn2)c1=O. The van der Waals surface area contributed by atoms with E-state index in [9.17, 15) is 14.4 Å². The number of rotatable bonds is 5. The van der Waals surface area contributed by atoms with Crippen LogP contribution in [0.2, 0.25) is 0 Å². The first-order chi connectivity index (χ1) is 12.0. The first kappa shape index (κ1) is 16.9. The van der Waals surface area contributed by atoms with E-state index in [0.29, 0.717) is 11.6 Å². The predicted octanol–water partition coefficient (Wildman–Crippen LogP) is 0.789. The summed E-state index contributed by atoms with van der Waals surface area (Å²) in [4.78, 5) is 41.2. The number of carbonyl (C=O) groups excluding carboxylic acids is 2. The van der Waals surface area contributed by atoms with Gasteiger partial charge in [0.15, 0.2) is 0 Å². The summed E-state index contributed by atoms with van der Waals surface area (Å²) < 4.78 is 1.35. The van der Waals surface area contributed by atoms with E-state index in [1.807, 2.05) is 6.07 Å². The number of nitrogens with zero attached hydrogens (tertiary/aromatic N) is 2. The molecule has 0 saturated heterocycles. The predicted molar refractivity (Wildman–Crippen MR) is 92.5 cm³/mol. The minimum absolute atomic E-state index is 0.0603. The van der Waals surface area contributed by atoms with Crippen LogP contribution in [0.25, 0.3) is 0 Å². The Bertz CT molecular complexity index is 860. The van der Waals surface area contributed by atoms with Crippen molar-refractivity contribution >= 4 is 11.8 Å². The Kier molecular flexibility index (Phi) is 4.65. The second kappa shape index (κ2) is 6.88. The average Bonchev–Trinajstić information content (AvgIpc) is 3.31. The molecule has 2 heterocycles. The summed E-state index contributed by atoms with van der Waals surface area (Å²) in [7, 11) is 1.45. The van der Waals surface area contributed by atoms with E-state index in [4.69, 9.17) is 0 Å². The lowest BCUT2D eigenvalue weighted by atomic mass is 10.1. The van der Waals surface area contributed by atoms with Gasteiger partial charge >= 0.3 is 0 Å². The third kappa shape index (κ3) is 3.76. The molecule has 0 aliphatic heterocycles. The molecule has 0 bridgehead atoms. The molecule has 2 atom stereocenters. The lowest BCUT2D eigenvalue weighted by Crippen LogP contribution is -2.34. The number of aromatic nitrogens is 2. The summed E-state index contributed by atoms with van der Waals surface area (Å²) in [5.41, 5.74) is 0.435. The number of nitrogens with one attached hydrogen (secondary N) is 2. The van der Waals surface area contributed by atoms with Crippen molar-refractivity contribution in [1.82, 2.24) is 20.2 Å². The van der Waals surface area contributed by atoms with Crippen molar-refractivity contribution < 1.29 is 9.59 Å². The zero-order chi connectivity index (χ0) is 18.0. The highest BCUT2D eigenvalue weighted by molar-refractivity contribution is 5.99. The summed E-state index contributed by atoms with van der Waals surface area (Å²) in [5, 5.41) is 5.35. The molecule has 2 amide bonds. The maximum Gasteiger partial charge on any atom is 0.263 e. The van der Waals surface area contributed by atoms with Crippen LogP contribution >= 0.6 is 0 Å². The Hall–Kier alpha value is -2.96. The fraction of sp³-hybridized carbons (Fsp3) is 0.333. The minimum Gasteiger partial charge on any atom is -0.355 e. The lowest BCUT2D eigenvalue weighted by molar-refractivity contribution is 0.0948. The molecule has 7 nitrogen and oxygen atoms in total. The van der Waals surface area contributed by atoms with Crippen molar-refractivity contribution in [3.63, 3.8) is 0 Å². The van der Waals surface area contributed by atoms with Gasteiger partial charge in [-0.15, -0.1) is 0 Å². The third-order valence-electron chi connectivity index (χ3n) is 4.30. The van der Waals surface area contributed by atoms with Crippen LogP contribution in [0.5, 0.6) is 0 Å². The molecule has 130 valence electrons. The smallest absolute Gasteiger partial charge is 0.263 e. The van der Waals surface area contributed by atoms with Crippen molar-refractivity contribution in [1.29, 1.82) is 0 Å². The summed E-state index contributed by atoms with van der Waals surface area (Å²) >= 11 is 0. The highest BCUT2D eigenvalue weighted by atomic mass is 16.2. The van der Waals surface area contributed by atoms with E-state index in [0.717, 1.165) is 6.42 Å². The van der Waals surface area contributed by atoms with Crippen molar-refractivity contribution in [3.05, 3.63) is 63.8 Å². The maximum absolute atomic E-state index is 12.6. The number of amides is 2. The topological polar surface area (TPSA) is 93.1 Å². The normalized spacial score (nSPS) is 18.5. The molecule has 7 heteroatoms. The Morgan fingerprint density at radius 2 is 2.08 bits per heavy atom. The Morgan fingerprint density at radius 1 is 1.32 bits per heavy atom. The Balaban J connectivity index is 1.97. The second-order valence-electron chi connectivity index (χ2n) is 6.27. The zero-order valence-electron chi connectivity index (χ0n) is 14.2. The first-order valence-electron chi connectivity index (χ1n) is 8.17. The molecule has 3 rings (SSSR count). The molecule has 2 N–H and O–H groups in total. The van der Waals surface area contributed by atoms with E-state index in [2.05, 4.69) is 22.5 Å². The summed E-state index contributed by atoms with van der Waals surface area (Å²) in [5.74, 6) is -0.342. The Morgan fingerprint density at radius 3 is 2.68 bits per heavy atom. The van der Waals surface area contributed by atoms with Gasteiger partial charge in [0, 0.05) is 25.5 Å². The summed E-state index contributed by atoms with van der Waals surface area (Å²) in [6, 6.07) is 6.89. The van der Waals surface area contributed by atoms with Gasteiger partial charge in [0.2, 0.25) is 0 Å². The fourth-order valence-corrected chi connectivity index (χ4v) is 2.62. The quantitative estimate of drug-likeness (QED) is 0.841. The van der Waals surface area contributed by atoms with E-state index in [1.54, 1.807) is 18.3 Å². The van der Waals surface area contributed by atoms with Crippen LogP contribution in [0, 0.1) is 5.92 Å². The molecule has 0 radical (unpaired) electrons. The van der Waals surface area contributed by atoms with Crippen LogP contribution < -0.4 is 16.2 Å². The minimum atomic E-state index is -0.519. The van der Waals surface area contributed by atoms with Gasteiger partial charge in [-0.1, -0.05) is 13.0 Å². The van der Waals surface area contributed by atoms with E-state index in [1.165, 1.54) is 23.9 Å². The highest BCUT2D eigenvalue weighted by Gasteiger charge is 2.34. The molecule has 2 aromatic heterocycles. The van der Waals surface area contributed by atoms with E-state index in [-0.39, 0.29) is 29.6 Å². The van der Waals surface area contributed by atoms with E-state index < -0.39 is 11.5 Å². The monoisotopic (exact) mass is 340 g/mol. The molecule has 25 heavy (non-hydrogen) atoms. The fourth-order valence-electron chi connectivity index (χ4n) is 2.62. The molecule has 0 unspecified atom stereocenters. The maximum atomic E-state index is 12.6. The van der Waals surface area contributed by atoms with Crippen LogP contribution in [0.1, 0.15) is 39.8 Å².